The predicted octanol–water partition coefficient (Wildman–Crippen LogP) is 3.80. The number of likely N-dealkylation sites (tertiary alicyclic amines) is 2. The summed E-state index contributed by atoms with van der Waals surface area (Å²) in [5, 5.41) is 0. The summed E-state index contributed by atoms with van der Waals surface area (Å²) in [6, 6.07) is 4.56. The van der Waals surface area contributed by atoms with Gasteiger partial charge >= 0.3 is 0 Å². The van der Waals surface area contributed by atoms with Crippen molar-refractivity contribution in [2.45, 2.75) is 56.8 Å². The molecule has 4 aliphatic rings. The predicted molar refractivity (Wildman–Crippen MR) is 112 cm³/mol. The van der Waals surface area contributed by atoms with E-state index in [0.29, 0.717) is 6.10 Å². The van der Waals surface area contributed by atoms with Gasteiger partial charge in [0.25, 0.3) is 0 Å². The third kappa shape index (κ3) is 3.42. The molecule has 0 amide bonds. The number of fused-ring (bicyclic) bond motifs is 3. The summed E-state index contributed by atoms with van der Waals surface area (Å²) in [4.78, 5) is 4.89. The molecule has 3 fully saturated rings. The van der Waals surface area contributed by atoms with Crippen molar-refractivity contribution in [1.82, 2.24) is 9.80 Å². The van der Waals surface area contributed by atoms with E-state index < -0.39 is 0 Å². The van der Waals surface area contributed by atoms with Crippen LogP contribution in [0.3, 0.4) is 0 Å². The normalized spacial score (nSPS) is 30.0. The number of hydrogen-bond acceptors (Lipinski definition) is 3. The van der Waals surface area contributed by atoms with Crippen LogP contribution in [-0.4, -0.2) is 56.4 Å². The fourth-order valence-electron chi connectivity index (χ4n) is 5.46. The Hall–Kier alpha value is -1.42. The summed E-state index contributed by atoms with van der Waals surface area (Å²) in [6.45, 7) is 11.1. The van der Waals surface area contributed by atoms with Gasteiger partial charge in [-0.25, -0.2) is 0 Å². The largest absolute Gasteiger partial charge is 0.486 e. The minimum atomic E-state index is 0.314. The lowest BCUT2D eigenvalue weighted by Crippen LogP contribution is -2.53. The highest BCUT2D eigenvalue weighted by Crippen LogP contribution is 2.57. The van der Waals surface area contributed by atoms with Gasteiger partial charge in [-0.15, -0.1) is 0 Å². The first-order valence-electron chi connectivity index (χ1n) is 10.8. The minimum Gasteiger partial charge on any atom is -0.486 e. The lowest BCUT2D eigenvalue weighted by atomic mass is 9.61. The van der Waals surface area contributed by atoms with Gasteiger partial charge < -0.3 is 14.5 Å². The van der Waals surface area contributed by atoms with E-state index in [9.17, 15) is 0 Å². The number of allylic oxidation sites excluding steroid dienone is 1. The minimum absolute atomic E-state index is 0.314. The van der Waals surface area contributed by atoms with Crippen molar-refractivity contribution in [3.63, 3.8) is 0 Å². The second-order valence-corrected chi connectivity index (χ2v) is 9.39. The Bertz CT molecular complexity index is 742. The summed E-state index contributed by atoms with van der Waals surface area (Å²) < 4.78 is 6.38. The Kier molecular flexibility index (Phi) is 4.50. The zero-order valence-electron chi connectivity index (χ0n) is 16.9. The summed E-state index contributed by atoms with van der Waals surface area (Å²) >= 11 is 0. The van der Waals surface area contributed by atoms with Crippen molar-refractivity contribution < 1.29 is 4.74 Å². The molecule has 0 spiro atoms. The summed E-state index contributed by atoms with van der Waals surface area (Å²) in [7, 11) is 4.76. The molecule has 3 aliphatic heterocycles. The lowest BCUT2D eigenvalue weighted by molar-refractivity contribution is 0.0382. The van der Waals surface area contributed by atoms with Crippen LogP contribution in [-0.2, 0) is 6.32 Å². The van der Waals surface area contributed by atoms with Crippen LogP contribution in [0, 0.1) is 12.8 Å². The van der Waals surface area contributed by atoms with E-state index in [1.54, 1.807) is 5.56 Å². The van der Waals surface area contributed by atoms with Crippen molar-refractivity contribution in [3.05, 3.63) is 41.1 Å². The Morgan fingerprint density at radius 2 is 2.15 bits per heavy atom. The van der Waals surface area contributed by atoms with Crippen LogP contribution in [0.15, 0.2) is 24.4 Å². The van der Waals surface area contributed by atoms with Gasteiger partial charge in [0.15, 0.2) is 0 Å². The molecule has 3 unspecified atom stereocenters. The van der Waals surface area contributed by atoms with Crippen LogP contribution in [0.1, 0.15) is 48.3 Å². The quantitative estimate of drug-likeness (QED) is 0.741. The van der Waals surface area contributed by atoms with E-state index in [4.69, 9.17) is 4.74 Å². The number of rotatable bonds is 5. The van der Waals surface area contributed by atoms with Gasteiger partial charge in [-0.2, -0.15) is 0 Å². The highest BCUT2D eigenvalue weighted by atomic mass is 16.5. The average molecular weight is 363 g/mol. The molecular weight excluding hydrogens is 331 g/mol. The summed E-state index contributed by atoms with van der Waals surface area (Å²) in [5.74, 6) is 3.55. The van der Waals surface area contributed by atoms with E-state index in [-0.39, 0.29) is 0 Å². The van der Waals surface area contributed by atoms with Crippen molar-refractivity contribution in [2.75, 3.05) is 33.2 Å². The fraction of sp³-hybridized carbons (Fsp3) is 0.652. The van der Waals surface area contributed by atoms with Crippen LogP contribution in [0.2, 0.25) is 5.82 Å². The van der Waals surface area contributed by atoms with Crippen LogP contribution in [0.4, 0.5) is 0 Å². The third-order valence-corrected chi connectivity index (χ3v) is 7.28. The molecular formula is C23H32BN2O. The Balaban J connectivity index is 1.15. The standard InChI is InChI=1S/C23H32BN2O/c1-15(9-17-5-4-8-25(3)12-17)26-13-18(14-26)27-23-7-6-19-20-10-22(20)24-11-21(19)16(23)2/h6-7,17-18,20,22H,1,4-5,8-14H2,2-3H3. The van der Waals surface area contributed by atoms with Gasteiger partial charge in [0.05, 0.1) is 13.1 Å². The number of piperidine rings is 1. The van der Waals surface area contributed by atoms with E-state index in [2.05, 4.69) is 49.8 Å². The van der Waals surface area contributed by atoms with Gasteiger partial charge in [0.1, 0.15) is 19.1 Å². The highest BCUT2D eigenvalue weighted by molar-refractivity contribution is 6.39. The van der Waals surface area contributed by atoms with Crippen molar-refractivity contribution >= 4 is 7.28 Å². The molecule has 1 saturated carbocycles. The zero-order chi connectivity index (χ0) is 18.5. The summed E-state index contributed by atoms with van der Waals surface area (Å²) in [5.41, 5.74) is 5.81. The van der Waals surface area contributed by atoms with Crippen LogP contribution >= 0.6 is 0 Å². The highest BCUT2D eigenvalue weighted by Gasteiger charge is 2.43. The molecule has 27 heavy (non-hydrogen) atoms. The van der Waals surface area contributed by atoms with E-state index in [0.717, 1.165) is 49.2 Å². The molecule has 1 aliphatic carbocycles. The number of hydrogen-bond donors (Lipinski definition) is 0. The van der Waals surface area contributed by atoms with E-state index >= 15 is 0 Å². The first-order valence-corrected chi connectivity index (χ1v) is 10.8. The molecule has 1 aromatic rings. The first kappa shape index (κ1) is 17.7. The Morgan fingerprint density at radius 1 is 1.30 bits per heavy atom. The molecule has 3 heterocycles. The van der Waals surface area contributed by atoms with E-state index in [1.807, 2.05) is 0 Å². The number of benzene rings is 1. The van der Waals surface area contributed by atoms with Crippen LogP contribution < -0.4 is 4.74 Å². The molecule has 0 N–H and O–H groups in total. The van der Waals surface area contributed by atoms with Crippen molar-refractivity contribution in [3.8, 4) is 5.75 Å². The van der Waals surface area contributed by atoms with Gasteiger partial charge in [-0.3, -0.25) is 0 Å². The molecule has 0 aromatic heterocycles. The molecule has 0 bridgehead atoms. The Morgan fingerprint density at radius 3 is 2.96 bits per heavy atom. The van der Waals surface area contributed by atoms with Crippen LogP contribution in [0.5, 0.6) is 5.75 Å². The lowest BCUT2D eigenvalue weighted by Gasteiger charge is -2.43. The van der Waals surface area contributed by atoms with Gasteiger partial charge in [-0.1, -0.05) is 31.2 Å². The molecule has 1 radical (unpaired) electrons. The molecule has 143 valence electrons. The third-order valence-electron chi connectivity index (χ3n) is 7.28. The monoisotopic (exact) mass is 363 g/mol. The maximum atomic E-state index is 6.38. The number of nitrogens with zero attached hydrogens (tertiary/aromatic N) is 2. The maximum Gasteiger partial charge on any atom is 0.133 e. The second kappa shape index (κ2) is 6.88. The SMILES string of the molecule is C=C(CC1CCCN(C)C1)N1CC(Oc2ccc3c(c2C)C[B]C2CC32)C1. The zero-order valence-corrected chi connectivity index (χ0v) is 16.9. The molecule has 3 nitrogen and oxygen atoms in total. The van der Waals surface area contributed by atoms with Crippen LogP contribution in [0.25, 0.3) is 0 Å². The van der Waals surface area contributed by atoms with Crippen molar-refractivity contribution in [2.24, 2.45) is 5.92 Å². The smallest absolute Gasteiger partial charge is 0.133 e. The van der Waals surface area contributed by atoms with Gasteiger partial charge in [0.2, 0.25) is 0 Å². The van der Waals surface area contributed by atoms with Crippen molar-refractivity contribution in [1.29, 1.82) is 0 Å². The molecule has 5 rings (SSSR count). The first-order chi connectivity index (χ1) is 13.1. The fourth-order valence-corrected chi connectivity index (χ4v) is 5.46. The molecule has 4 heteroatoms. The topological polar surface area (TPSA) is 15.7 Å². The van der Waals surface area contributed by atoms with E-state index in [1.165, 1.54) is 49.2 Å². The molecule has 1 aromatic carbocycles. The van der Waals surface area contributed by atoms with Gasteiger partial charge in [0, 0.05) is 12.2 Å². The van der Waals surface area contributed by atoms with Gasteiger partial charge in [-0.05, 0) is 74.4 Å². The number of ether oxygens (including phenoxy) is 1. The molecule has 2 saturated heterocycles. The second-order valence-electron chi connectivity index (χ2n) is 9.39. The molecule has 3 atom stereocenters. The summed E-state index contributed by atoms with van der Waals surface area (Å²) in [6.07, 6.45) is 6.63. The average Bonchev–Trinajstić information content (AvgIpc) is 3.39. The Labute approximate surface area is 165 Å². The maximum absolute atomic E-state index is 6.38.